The molecule has 1 aliphatic carbocycles. The summed E-state index contributed by atoms with van der Waals surface area (Å²) in [4.78, 5) is 0. The van der Waals surface area contributed by atoms with Crippen LogP contribution in [0.25, 0.3) is 0 Å². The fourth-order valence-corrected chi connectivity index (χ4v) is 3.19. The molecule has 0 aromatic carbocycles. The Morgan fingerprint density at radius 3 is 2.31 bits per heavy atom. The molecule has 0 aromatic heterocycles. The van der Waals surface area contributed by atoms with Crippen LogP contribution in [0.5, 0.6) is 0 Å². The zero-order chi connectivity index (χ0) is 9.90. The molecule has 1 fully saturated rings. The number of nitrogens with two attached hydrogens (primary N) is 1. The van der Waals surface area contributed by atoms with Gasteiger partial charge in [0.15, 0.2) is 0 Å². The van der Waals surface area contributed by atoms with Gasteiger partial charge in [-0.3, -0.25) is 0 Å². The van der Waals surface area contributed by atoms with Crippen molar-refractivity contribution in [3.8, 4) is 0 Å². The van der Waals surface area contributed by atoms with E-state index in [0.717, 1.165) is 11.0 Å². The van der Waals surface area contributed by atoms with Crippen LogP contribution >= 0.6 is 11.8 Å². The van der Waals surface area contributed by atoms with Crippen molar-refractivity contribution < 1.29 is 0 Å². The Morgan fingerprint density at radius 1 is 1.31 bits per heavy atom. The van der Waals surface area contributed by atoms with Crippen LogP contribution in [0, 0.1) is 5.41 Å². The summed E-state index contributed by atoms with van der Waals surface area (Å²) < 4.78 is 0. The second kappa shape index (κ2) is 4.70. The van der Waals surface area contributed by atoms with Gasteiger partial charge in [-0.25, -0.2) is 0 Å². The van der Waals surface area contributed by atoms with Gasteiger partial charge in [-0.15, -0.1) is 0 Å². The third-order valence-electron chi connectivity index (χ3n) is 2.93. The van der Waals surface area contributed by atoms with Crippen LogP contribution < -0.4 is 5.73 Å². The van der Waals surface area contributed by atoms with E-state index in [0.29, 0.717) is 6.04 Å². The molecule has 13 heavy (non-hydrogen) atoms. The van der Waals surface area contributed by atoms with Crippen molar-refractivity contribution in [1.82, 2.24) is 0 Å². The van der Waals surface area contributed by atoms with E-state index in [1.807, 2.05) is 0 Å². The van der Waals surface area contributed by atoms with Crippen molar-refractivity contribution in [2.75, 3.05) is 5.75 Å². The average Bonchev–Trinajstić information content (AvgIpc) is 2.50. The normalized spacial score (nSPS) is 22.2. The van der Waals surface area contributed by atoms with Gasteiger partial charge < -0.3 is 5.73 Å². The first-order chi connectivity index (χ1) is 6.00. The van der Waals surface area contributed by atoms with Crippen LogP contribution in [-0.4, -0.2) is 17.0 Å². The number of hydrogen-bond donors (Lipinski definition) is 1. The molecule has 1 rings (SSSR count). The van der Waals surface area contributed by atoms with E-state index in [4.69, 9.17) is 5.73 Å². The van der Waals surface area contributed by atoms with Crippen LogP contribution in [0.4, 0.5) is 0 Å². The molecule has 78 valence electrons. The Kier molecular flexibility index (Phi) is 4.11. The molecule has 0 spiro atoms. The standard InChI is InChI=1S/C11H23NS/c1-11(2,3)10(12)8-13-9-6-4-5-7-9/h9-10H,4-8,12H2,1-3H3. The Labute approximate surface area is 86.8 Å². The molecule has 0 saturated heterocycles. The van der Waals surface area contributed by atoms with Gasteiger partial charge in [-0.05, 0) is 18.3 Å². The summed E-state index contributed by atoms with van der Waals surface area (Å²) in [5, 5.41) is 0.911. The van der Waals surface area contributed by atoms with Crippen molar-refractivity contribution in [2.45, 2.75) is 57.7 Å². The van der Waals surface area contributed by atoms with Gasteiger partial charge in [0.2, 0.25) is 0 Å². The number of rotatable bonds is 3. The van der Waals surface area contributed by atoms with Crippen LogP contribution in [-0.2, 0) is 0 Å². The Balaban J connectivity index is 2.17. The van der Waals surface area contributed by atoms with Crippen LogP contribution in [0.2, 0.25) is 0 Å². The third kappa shape index (κ3) is 3.90. The molecule has 2 N–H and O–H groups in total. The minimum atomic E-state index is 0.269. The van der Waals surface area contributed by atoms with E-state index in [1.54, 1.807) is 0 Å². The summed E-state index contributed by atoms with van der Waals surface area (Å²) in [6, 6.07) is 0.345. The van der Waals surface area contributed by atoms with Crippen molar-refractivity contribution in [3.05, 3.63) is 0 Å². The monoisotopic (exact) mass is 201 g/mol. The topological polar surface area (TPSA) is 26.0 Å². The van der Waals surface area contributed by atoms with E-state index in [9.17, 15) is 0 Å². The molecule has 0 heterocycles. The zero-order valence-corrected chi connectivity index (χ0v) is 9.99. The Bertz CT molecular complexity index is 145. The van der Waals surface area contributed by atoms with E-state index in [2.05, 4.69) is 32.5 Å². The molecular formula is C11H23NS. The molecule has 0 aromatic rings. The predicted octanol–water partition coefficient (Wildman–Crippen LogP) is 3.04. The first-order valence-corrected chi connectivity index (χ1v) is 6.42. The van der Waals surface area contributed by atoms with E-state index >= 15 is 0 Å². The molecule has 1 aliphatic rings. The van der Waals surface area contributed by atoms with Crippen LogP contribution in [0.3, 0.4) is 0 Å². The summed E-state index contributed by atoms with van der Waals surface area (Å²) in [6.45, 7) is 6.69. The SMILES string of the molecule is CC(C)(C)C(N)CSC1CCCC1. The van der Waals surface area contributed by atoms with Crippen molar-refractivity contribution in [1.29, 1.82) is 0 Å². The lowest BCUT2D eigenvalue weighted by molar-refractivity contribution is 0.344. The zero-order valence-electron chi connectivity index (χ0n) is 9.18. The fourth-order valence-electron chi connectivity index (χ4n) is 1.54. The maximum Gasteiger partial charge on any atom is 0.0179 e. The average molecular weight is 201 g/mol. The molecule has 2 heteroatoms. The fraction of sp³-hybridized carbons (Fsp3) is 1.00. The third-order valence-corrected chi connectivity index (χ3v) is 4.42. The minimum absolute atomic E-state index is 0.269. The number of thioether (sulfide) groups is 1. The largest absolute Gasteiger partial charge is 0.326 e. The summed E-state index contributed by atoms with van der Waals surface area (Å²) in [5.74, 6) is 1.13. The highest BCUT2D eigenvalue weighted by molar-refractivity contribution is 7.99. The quantitative estimate of drug-likeness (QED) is 0.759. The van der Waals surface area contributed by atoms with Gasteiger partial charge in [0.25, 0.3) is 0 Å². The maximum atomic E-state index is 6.11. The molecule has 0 amide bonds. The molecule has 0 bridgehead atoms. The first-order valence-electron chi connectivity index (χ1n) is 5.37. The van der Waals surface area contributed by atoms with Crippen LogP contribution in [0.1, 0.15) is 46.5 Å². The highest BCUT2D eigenvalue weighted by atomic mass is 32.2. The first kappa shape index (κ1) is 11.4. The van der Waals surface area contributed by atoms with Crippen molar-refractivity contribution >= 4 is 11.8 Å². The molecule has 1 atom stereocenters. The highest BCUT2D eigenvalue weighted by Crippen LogP contribution is 2.31. The van der Waals surface area contributed by atoms with Crippen molar-refractivity contribution in [2.24, 2.45) is 11.1 Å². The van der Waals surface area contributed by atoms with E-state index in [1.165, 1.54) is 25.7 Å². The summed E-state index contributed by atoms with van der Waals surface area (Å²) in [5.41, 5.74) is 6.38. The van der Waals surface area contributed by atoms with Gasteiger partial charge in [0.1, 0.15) is 0 Å². The predicted molar refractivity (Wildman–Crippen MR) is 62.1 cm³/mol. The highest BCUT2D eigenvalue weighted by Gasteiger charge is 2.23. The second-order valence-corrected chi connectivity index (χ2v) is 6.55. The lowest BCUT2D eigenvalue weighted by atomic mass is 9.89. The summed E-state index contributed by atoms with van der Waals surface area (Å²) in [7, 11) is 0. The molecular weight excluding hydrogens is 178 g/mol. The van der Waals surface area contributed by atoms with Gasteiger partial charge >= 0.3 is 0 Å². The maximum absolute atomic E-state index is 6.11. The molecule has 1 nitrogen and oxygen atoms in total. The summed E-state index contributed by atoms with van der Waals surface area (Å²) in [6.07, 6.45) is 5.70. The van der Waals surface area contributed by atoms with Gasteiger partial charge in [0, 0.05) is 17.0 Å². The number of hydrogen-bond acceptors (Lipinski definition) is 2. The van der Waals surface area contributed by atoms with Gasteiger partial charge in [0.05, 0.1) is 0 Å². The lowest BCUT2D eigenvalue weighted by Crippen LogP contribution is -2.37. The summed E-state index contributed by atoms with van der Waals surface area (Å²) >= 11 is 2.09. The smallest absolute Gasteiger partial charge is 0.0179 e. The Hall–Kier alpha value is 0.310. The molecule has 0 radical (unpaired) electrons. The van der Waals surface area contributed by atoms with Crippen LogP contribution in [0.15, 0.2) is 0 Å². The van der Waals surface area contributed by atoms with E-state index in [-0.39, 0.29) is 5.41 Å². The molecule has 0 aliphatic heterocycles. The van der Waals surface area contributed by atoms with Crippen molar-refractivity contribution in [3.63, 3.8) is 0 Å². The lowest BCUT2D eigenvalue weighted by Gasteiger charge is -2.27. The minimum Gasteiger partial charge on any atom is -0.326 e. The molecule has 1 unspecified atom stereocenters. The van der Waals surface area contributed by atoms with Gasteiger partial charge in [-0.2, -0.15) is 11.8 Å². The van der Waals surface area contributed by atoms with E-state index < -0.39 is 0 Å². The van der Waals surface area contributed by atoms with Gasteiger partial charge in [-0.1, -0.05) is 33.6 Å². The Morgan fingerprint density at radius 2 is 1.85 bits per heavy atom. The molecule has 1 saturated carbocycles. The second-order valence-electron chi connectivity index (χ2n) is 5.21.